The predicted octanol–water partition coefficient (Wildman–Crippen LogP) is 3.89. The lowest BCUT2D eigenvalue weighted by Crippen LogP contribution is -2.40. The summed E-state index contributed by atoms with van der Waals surface area (Å²) in [6.07, 6.45) is 11.3. The third-order valence-corrected chi connectivity index (χ3v) is 3.70. The average molecular weight is 243 g/mol. The van der Waals surface area contributed by atoms with Crippen LogP contribution in [-0.4, -0.2) is 16.5 Å². The SMILES string of the molecule is C/C=C/C1(/[N+]([O-])=C/c2ccccc2)CCCCC1. The van der Waals surface area contributed by atoms with Crippen molar-refractivity contribution in [2.75, 3.05) is 0 Å². The molecule has 1 saturated carbocycles. The van der Waals surface area contributed by atoms with Crippen molar-refractivity contribution >= 4 is 6.21 Å². The molecule has 1 aromatic carbocycles. The number of benzene rings is 1. The molecule has 0 unspecified atom stereocenters. The topological polar surface area (TPSA) is 26.1 Å². The normalized spacial score (nSPS) is 20.2. The van der Waals surface area contributed by atoms with Gasteiger partial charge in [0, 0.05) is 18.4 Å². The highest BCUT2D eigenvalue weighted by molar-refractivity contribution is 5.75. The second-order valence-electron chi connectivity index (χ2n) is 5.03. The van der Waals surface area contributed by atoms with Crippen molar-refractivity contribution in [2.24, 2.45) is 0 Å². The van der Waals surface area contributed by atoms with Gasteiger partial charge in [0.05, 0.1) is 0 Å². The maximum absolute atomic E-state index is 12.5. The van der Waals surface area contributed by atoms with Crippen molar-refractivity contribution in [2.45, 2.75) is 44.6 Å². The molecule has 0 N–H and O–H groups in total. The van der Waals surface area contributed by atoms with Crippen LogP contribution >= 0.6 is 0 Å². The number of hydroxylamine groups is 1. The van der Waals surface area contributed by atoms with E-state index in [-0.39, 0.29) is 5.54 Å². The second kappa shape index (κ2) is 5.85. The van der Waals surface area contributed by atoms with Gasteiger partial charge in [-0.1, -0.05) is 30.7 Å². The van der Waals surface area contributed by atoms with Crippen LogP contribution in [0.15, 0.2) is 42.5 Å². The summed E-state index contributed by atoms with van der Waals surface area (Å²) in [5.74, 6) is 0. The quantitative estimate of drug-likeness (QED) is 0.260. The number of hydrogen-bond donors (Lipinski definition) is 0. The lowest BCUT2D eigenvalue weighted by molar-refractivity contribution is -0.535. The lowest BCUT2D eigenvalue weighted by atomic mass is 9.81. The molecule has 18 heavy (non-hydrogen) atoms. The maximum atomic E-state index is 12.5. The first-order valence-electron chi connectivity index (χ1n) is 6.77. The Morgan fingerprint density at radius 2 is 1.78 bits per heavy atom. The minimum atomic E-state index is -0.317. The molecule has 1 aliphatic carbocycles. The van der Waals surface area contributed by atoms with Crippen LogP contribution in [0.4, 0.5) is 0 Å². The van der Waals surface area contributed by atoms with Crippen LogP contribution in [0.5, 0.6) is 0 Å². The summed E-state index contributed by atoms with van der Waals surface area (Å²) in [6, 6.07) is 9.83. The molecule has 0 amide bonds. The number of allylic oxidation sites excluding steroid dienone is 1. The van der Waals surface area contributed by atoms with Crippen LogP contribution in [-0.2, 0) is 0 Å². The van der Waals surface area contributed by atoms with Gasteiger partial charge in [-0.2, -0.15) is 0 Å². The van der Waals surface area contributed by atoms with Gasteiger partial charge in [0.25, 0.3) is 0 Å². The second-order valence-corrected chi connectivity index (χ2v) is 5.03. The summed E-state index contributed by atoms with van der Waals surface area (Å²) >= 11 is 0. The van der Waals surface area contributed by atoms with Gasteiger partial charge in [0.2, 0.25) is 0 Å². The number of rotatable bonds is 3. The zero-order valence-corrected chi connectivity index (χ0v) is 11.0. The van der Waals surface area contributed by atoms with E-state index in [4.69, 9.17) is 0 Å². The Morgan fingerprint density at radius 3 is 2.39 bits per heavy atom. The zero-order valence-electron chi connectivity index (χ0n) is 11.0. The van der Waals surface area contributed by atoms with E-state index in [2.05, 4.69) is 6.08 Å². The fourth-order valence-corrected chi connectivity index (χ4v) is 2.74. The van der Waals surface area contributed by atoms with Crippen molar-refractivity contribution in [3.63, 3.8) is 0 Å². The molecule has 0 bridgehead atoms. The van der Waals surface area contributed by atoms with E-state index in [1.165, 1.54) is 11.2 Å². The summed E-state index contributed by atoms with van der Waals surface area (Å²) in [6.45, 7) is 1.99. The molecule has 0 spiro atoms. The van der Waals surface area contributed by atoms with Crippen molar-refractivity contribution in [3.8, 4) is 0 Å². The first-order valence-corrected chi connectivity index (χ1v) is 6.77. The lowest BCUT2D eigenvalue weighted by Gasteiger charge is -2.32. The standard InChI is InChI=1S/C16H21NO/c1-2-11-16(12-7-4-8-13-16)17(18)14-15-9-5-3-6-10-15/h2-3,5-6,9-11,14H,4,7-8,12-13H2,1H3/b11-2+,17-14-. The van der Waals surface area contributed by atoms with E-state index in [1.807, 2.05) is 43.3 Å². The van der Waals surface area contributed by atoms with E-state index >= 15 is 0 Å². The molecule has 2 heteroatoms. The van der Waals surface area contributed by atoms with Crippen molar-refractivity contribution in [1.82, 2.24) is 0 Å². The number of nitrogens with zero attached hydrogens (tertiary/aromatic N) is 1. The molecule has 1 aliphatic rings. The van der Waals surface area contributed by atoms with Crippen molar-refractivity contribution in [3.05, 3.63) is 53.3 Å². The Kier molecular flexibility index (Phi) is 4.19. The van der Waals surface area contributed by atoms with E-state index in [9.17, 15) is 5.21 Å². The zero-order chi connectivity index (χ0) is 12.8. The van der Waals surface area contributed by atoms with Gasteiger partial charge in [-0.3, -0.25) is 0 Å². The summed E-state index contributed by atoms with van der Waals surface area (Å²) < 4.78 is 1.17. The highest BCUT2D eigenvalue weighted by Crippen LogP contribution is 2.32. The summed E-state index contributed by atoms with van der Waals surface area (Å²) in [4.78, 5) is 0. The van der Waals surface area contributed by atoms with E-state index in [0.29, 0.717) is 0 Å². The van der Waals surface area contributed by atoms with Crippen LogP contribution in [0.2, 0.25) is 0 Å². The Bertz CT molecular complexity index is 428. The molecule has 0 aliphatic heterocycles. The summed E-state index contributed by atoms with van der Waals surface area (Å²) in [5, 5.41) is 12.5. The van der Waals surface area contributed by atoms with Gasteiger partial charge in [0.1, 0.15) is 0 Å². The fourth-order valence-electron chi connectivity index (χ4n) is 2.74. The summed E-state index contributed by atoms with van der Waals surface area (Å²) in [5.41, 5.74) is 0.657. The smallest absolute Gasteiger partial charge is 0.191 e. The highest BCUT2D eigenvalue weighted by Gasteiger charge is 2.36. The van der Waals surface area contributed by atoms with Gasteiger partial charge in [0.15, 0.2) is 11.8 Å². The molecular weight excluding hydrogens is 222 g/mol. The van der Waals surface area contributed by atoms with Crippen LogP contribution in [0.3, 0.4) is 0 Å². The molecule has 0 saturated heterocycles. The molecule has 0 aromatic heterocycles. The monoisotopic (exact) mass is 243 g/mol. The molecule has 0 atom stereocenters. The Hall–Kier alpha value is -1.57. The summed E-state index contributed by atoms with van der Waals surface area (Å²) in [7, 11) is 0. The predicted molar refractivity (Wildman–Crippen MR) is 75.9 cm³/mol. The van der Waals surface area contributed by atoms with Crippen molar-refractivity contribution in [1.29, 1.82) is 0 Å². The Labute approximate surface area is 109 Å². The minimum Gasteiger partial charge on any atom is -0.623 e. The molecule has 0 heterocycles. The first-order chi connectivity index (χ1) is 8.77. The maximum Gasteiger partial charge on any atom is 0.191 e. The molecule has 2 rings (SSSR count). The number of hydrogen-bond acceptors (Lipinski definition) is 1. The van der Waals surface area contributed by atoms with Crippen LogP contribution in [0.25, 0.3) is 0 Å². The molecule has 1 fully saturated rings. The van der Waals surface area contributed by atoms with E-state index in [0.717, 1.165) is 31.2 Å². The third kappa shape index (κ3) is 2.81. The first kappa shape index (κ1) is 12.9. The Balaban J connectivity index is 2.28. The van der Waals surface area contributed by atoms with Crippen LogP contribution in [0, 0.1) is 5.21 Å². The molecule has 2 nitrogen and oxygen atoms in total. The molecule has 1 aromatic rings. The van der Waals surface area contributed by atoms with Crippen LogP contribution in [0.1, 0.15) is 44.6 Å². The molecular formula is C16H21NO. The van der Waals surface area contributed by atoms with Crippen molar-refractivity contribution < 1.29 is 4.74 Å². The van der Waals surface area contributed by atoms with E-state index in [1.54, 1.807) is 6.21 Å². The van der Waals surface area contributed by atoms with Gasteiger partial charge in [-0.25, -0.2) is 4.74 Å². The Morgan fingerprint density at radius 1 is 1.11 bits per heavy atom. The minimum absolute atomic E-state index is 0.317. The largest absolute Gasteiger partial charge is 0.623 e. The third-order valence-electron chi connectivity index (χ3n) is 3.70. The van der Waals surface area contributed by atoms with Gasteiger partial charge in [-0.15, -0.1) is 0 Å². The van der Waals surface area contributed by atoms with Crippen LogP contribution < -0.4 is 0 Å². The molecule has 96 valence electrons. The molecule has 0 radical (unpaired) electrons. The average Bonchev–Trinajstić information content (AvgIpc) is 2.41. The highest BCUT2D eigenvalue weighted by atomic mass is 16.5. The fraction of sp³-hybridized carbons (Fsp3) is 0.438. The van der Waals surface area contributed by atoms with Gasteiger partial charge >= 0.3 is 0 Å². The van der Waals surface area contributed by atoms with E-state index < -0.39 is 0 Å². The van der Waals surface area contributed by atoms with Gasteiger partial charge in [-0.05, 0) is 38.0 Å². The van der Waals surface area contributed by atoms with Gasteiger partial charge < -0.3 is 5.21 Å².